The first-order valence-corrected chi connectivity index (χ1v) is 7.41. The van der Waals surface area contributed by atoms with Gasteiger partial charge in [-0.1, -0.05) is 72.2 Å². The molecule has 0 aliphatic rings. The predicted molar refractivity (Wildman–Crippen MR) is 82.4 cm³/mol. The molecular formula is C17H18BrF. The Labute approximate surface area is 122 Å². The lowest BCUT2D eigenvalue weighted by Crippen LogP contribution is -1.99. The summed E-state index contributed by atoms with van der Waals surface area (Å²) in [6.07, 6.45) is 0. The SMILES string of the molecule is Cc1cccc(C(Br)c2ccc(C(C)C)cc2)c1F. The quantitative estimate of drug-likeness (QED) is 0.632. The van der Waals surface area contributed by atoms with Crippen LogP contribution in [0.15, 0.2) is 42.5 Å². The largest absolute Gasteiger partial charge is 0.206 e. The van der Waals surface area contributed by atoms with Crippen LogP contribution in [0.1, 0.15) is 46.8 Å². The molecule has 0 aliphatic heterocycles. The summed E-state index contributed by atoms with van der Waals surface area (Å²) in [6, 6.07) is 13.9. The smallest absolute Gasteiger partial charge is 0.130 e. The lowest BCUT2D eigenvalue weighted by molar-refractivity contribution is 0.604. The van der Waals surface area contributed by atoms with Gasteiger partial charge in [0.15, 0.2) is 0 Å². The molecule has 1 atom stereocenters. The Kier molecular flexibility index (Phi) is 4.41. The molecule has 0 N–H and O–H groups in total. The minimum Gasteiger partial charge on any atom is -0.206 e. The molecule has 0 aromatic heterocycles. The van der Waals surface area contributed by atoms with E-state index in [9.17, 15) is 4.39 Å². The molecule has 2 heteroatoms. The molecule has 0 amide bonds. The maximum Gasteiger partial charge on any atom is 0.130 e. The van der Waals surface area contributed by atoms with Crippen molar-refractivity contribution in [1.29, 1.82) is 0 Å². The van der Waals surface area contributed by atoms with Crippen molar-refractivity contribution in [3.63, 3.8) is 0 Å². The summed E-state index contributed by atoms with van der Waals surface area (Å²) in [6.45, 7) is 6.13. The second-order valence-electron chi connectivity index (χ2n) is 5.16. The van der Waals surface area contributed by atoms with Gasteiger partial charge in [-0.2, -0.15) is 0 Å². The van der Waals surface area contributed by atoms with E-state index in [4.69, 9.17) is 0 Å². The van der Waals surface area contributed by atoms with Gasteiger partial charge in [0.1, 0.15) is 5.82 Å². The van der Waals surface area contributed by atoms with Gasteiger partial charge in [-0.3, -0.25) is 0 Å². The summed E-state index contributed by atoms with van der Waals surface area (Å²) in [5.41, 5.74) is 3.75. The van der Waals surface area contributed by atoms with Crippen molar-refractivity contribution in [3.8, 4) is 0 Å². The summed E-state index contributed by atoms with van der Waals surface area (Å²) in [5, 5.41) is 0. The Morgan fingerprint density at radius 2 is 1.53 bits per heavy atom. The Morgan fingerprint density at radius 3 is 2.11 bits per heavy atom. The van der Waals surface area contributed by atoms with Crippen LogP contribution in [0.25, 0.3) is 0 Å². The maximum absolute atomic E-state index is 14.1. The molecule has 0 saturated carbocycles. The topological polar surface area (TPSA) is 0 Å². The van der Waals surface area contributed by atoms with Crippen LogP contribution in [-0.2, 0) is 0 Å². The molecular weight excluding hydrogens is 303 g/mol. The standard InChI is InChI=1S/C17H18BrF/c1-11(2)13-7-9-14(10-8-13)16(18)15-6-4-5-12(3)17(15)19/h4-11,16H,1-3H3. The van der Waals surface area contributed by atoms with Crippen molar-refractivity contribution in [2.24, 2.45) is 0 Å². The van der Waals surface area contributed by atoms with E-state index < -0.39 is 0 Å². The maximum atomic E-state index is 14.1. The highest BCUT2D eigenvalue weighted by molar-refractivity contribution is 9.09. The number of benzene rings is 2. The molecule has 2 aromatic rings. The molecule has 1 unspecified atom stereocenters. The summed E-state index contributed by atoms with van der Waals surface area (Å²) in [4.78, 5) is -0.103. The van der Waals surface area contributed by atoms with Crippen molar-refractivity contribution in [2.75, 3.05) is 0 Å². The summed E-state index contributed by atoms with van der Waals surface area (Å²) in [5.74, 6) is 0.385. The van der Waals surface area contributed by atoms with Crippen molar-refractivity contribution < 1.29 is 4.39 Å². The molecule has 0 saturated heterocycles. The Balaban J connectivity index is 2.33. The van der Waals surface area contributed by atoms with Gasteiger partial charge in [-0.05, 0) is 29.5 Å². The van der Waals surface area contributed by atoms with Crippen LogP contribution in [-0.4, -0.2) is 0 Å². The lowest BCUT2D eigenvalue weighted by atomic mass is 9.98. The second kappa shape index (κ2) is 5.87. The van der Waals surface area contributed by atoms with Crippen LogP contribution < -0.4 is 0 Å². The van der Waals surface area contributed by atoms with Crippen LogP contribution >= 0.6 is 15.9 Å². The van der Waals surface area contributed by atoms with Crippen molar-refractivity contribution in [2.45, 2.75) is 31.5 Å². The van der Waals surface area contributed by atoms with E-state index in [-0.39, 0.29) is 10.6 Å². The van der Waals surface area contributed by atoms with Crippen LogP contribution in [0.5, 0.6) is 0 Å². The summed E-state index contributed by atoms with van der Waals surface area (Å²) < 4.78 is 14.1. The molecule has 0 radical (unpaired) electrons. The zero-order chi connectivity index (χ0) is 14.0. The molecule has 2 aromatic carbocycles. The summed E-state index contributed by atoms with van der Waals surface area (Å²) >= 11 is 3.60. The van der Waals surface area contributed by atoms with Gasteiger partial charge in [0.25, 0.3) is 0 Å². The third kappa shape index (κ3) is 3.06. The van der Waals surface area contributed by atoms with E-state index in [2.05, 4.69) is 54.0 Å². The number of hydrogen-bond donors (Lipinski definition) is 0. The van der Waals surface area contributed by atoms with Crippen LogP contribution in [0.3, 0.4) is 0 Å². The fraction of sp³-hybridized carbons (Fsp3) is 0.294. The van der Waals surface area contributed by atoms with Crippen LogP contribution in [0, 0.1) is 12.7 Å². The molecule has 0 heterocycles. The van der Waals surface area contributed by atoms with E-state index >= 15 is 0 Å². The molecule has 0 fully saturated rings. The zero-order valence-electron chi connectivity index (χ0n) is 11.5. The zero-order valence-corrected chi connectivity index (χ0v) is 13.0. The molecule has 0 spiro atoms. The Morgan fingerprint density at radius 1 is 0.947 bits per heavy atom. The fourth-order valence-electron chi connectivity index (χ4n) is 2.10. The Bertz CT molecular complexity index is 558. The number of aryl methyl sites for hydroxylation is 1. The lowest BCUT2D eigenvalue weighted by Gasteiger charge is -2.14. The normalized spacial score (nSPS) is 12.7. The number of hydrogen-bond acceptors (Lipinski definition) is 0. The first kappa shape index (κ1) is 14.3. The number of halogens is 2. The van der Waals surface area contributed by atoms with E-state index in [1.807, 2.05) is 12.1 Å². The van der Waals surface area contributed by atoms with E-state index in [0.29, 0.717) is 17.0 Å². The third-order valence-corrected chi connectivity index (χ3v) is 4.41. The monoisotopic (exact) mass is 320 g/mol. The minimum atomic E-state index is -0.127. The van der Waals surface area contributed by atoms with Crippen molar-refractivity contribution >= 4 is 15.9 Å². The fourth-order valence-corrected chi connectivity index (χ4v) is 2.75. The van der Waals surface area contributed by atoms with E-state index in [1.165, 1.54) is 5.56 Å². The first-order valence-electron chi connectivity index (χ1n) is 6.49. The van der Waals surface area contributed by atoms with Crippen LogP contribution in [0.4, 0.5) is 4.39 Å². The molecule has 100 valence electrons. The molecule has 19 heavy (non-hydrogen) atoms. The van der Waals surface area contributed by atoms with Gasteiger partial charge in [0, 0.05) is 5.56 Å². The first-order chi connectivity index (χ1) is 9.00. The van der Waals surface area contributed by atoms with Gasteiger partial charge in [0.05, 0.1) is 4.83 Å². The molecule has 0 bridgehead atoms. The highest BCUT2D eigenvalue weighted by Crippen LogP contribution is 2.33. The van der Waals surface area contributed by atoms with Crippen LogP contribution in [0.2, 0.25) is 0 Å². The van der Waals surface area contributed by atoms with Gasteiger partial charge < -0.3 is 0 Å². The second-order valence-corrected chi connectivity index (χ2v) is 6.08. The Hall–Kier alpha value is -1.15. The van der Waals surface area contributed by atoms with E-state index in [1.54, 1.807) is 13.0 Å². The summed E-state index contributed by atoms with van der Waals surface area (Å²) in [7, 11) is 0. The molecule has 0 nitrogen and oxygen atoms in total. The molecule has 0 aliphatic carbocycles. The number of rotatable bonds is 3. The number of alkyl halides is 1. The average Bonchev–Trinajstić information content (AvgIpc) is 2.41. The average molecular weight is 321 g/mol. The van der Waals surface area contributed by atoms with E-state index in [0.717, 1.165) is 5.56 Å². The van der Waals surface area contributed by atoms with Gasteiger partial charge in [0.2, 0.25) is 0 Å². The third-order valence-electron chi connectivity index (χ3n) is 3.39. The predicted octanol–water partition coefficient (Wildman–Crippen LogP) is 5.74. The van der Waals surface area contributed by atoms with Crippen molar-refractivity contribution in [1.82, 2.24) is 0 Å². The van der Waals surface area contributed by atoms with Crippen molar-refractivity contribution in [3.05, 3.63) is 70.5 Å². The highest BCUT2D eigenvalue weighted by Gasteiger charge is 2.15. The minimum absolute atomic E-state index is 0.103. The molecule has 2 rings (SSSR count). The van der Waals surface area contributed by atoms with Gasteiger partial charge in [-0.25, -0.2) is 4.39 Å². The van der Waals surface area contributed by atoms with Gasteiger partial charge >= 0.3 is 0 Å². The highest BCUT2D eigenvalue weighted by atomic mass is 79.9. The van der Waals surface area contributed by atoms with Gasteiger partial charge in [-0.15, -0.1) is 0 Å².